The van der Waals surface area contributed by atoms with Crippen LogP contribution >= 0.6 is 0 Å². The number of hydrogen-bond donors (Lipinski definition) is 2. The number of carbonyl (C=O) groups excluding carboxylic acids is 1. The summed E-state index contributed by atoms with van der Waals surface area (Å²) < 4.78 is 0. The Labute approximate surface area is 96.0 Å². The molecule has 0 heterocycles. The fraction of sp³-hybridized carbons (Fsp3) is 0.462. The van der Waals surface area contributed by atoms with E-state index >= 15 is 0 Å². The van der Waals surface area contributed by atoms with E-state index in [9.17, 15) is 4.79 Å². The molecule has 1 saturated carbocycles. The number of carbonyl (C=O) groups is 1. The monoisotopic (exact) mass is 218 g/mol. The molecule has 1 aromatic carbocycles. The number of aryl methyl sites for hydroxylation is 1. The summed E-state index contributed by atoms with van der Waals surface area (Å²) in [5, 5.41) is 2.93. The lowest BCUT2D eigenvalue weighted by molar-refractivity contribution is 0.0952. The van der Waals surface area contributed by atoms with Crippen LogP contribution in [-0.2, 0) is 0 Å². The number of nitrogens with one attached hydrogen (secondary N) is 1. The van der Waals surface area contributed by atoms with Gasteiger partial charge in [-0.05, 0) is 43.0 Å². The van der Waals surface area contributed by atoms with Gasteiger partial charge in [0.2, 0.25) is 0 Å². The van der Waals surface area contributed by atoms with Crippen molar-refractivity contribution in [3.63, 3.8) is 0 Å². The van der Waals surface area contributed by atoms with Crippen LogP contribution in [0.3, 0.4) is 0 Å². The zero-order valence-electron chi connectivity index (χ0n) is 9.62. The minimum absolute atomic E-state index is 0.0175. The number of benzene rings is 1. The van der Waals surface area contributed by atoms with Crippen molar-refractivity contribution >= 4 is 11.6 Å². The molecule has 0 unspecified atom stereocenters. The second-order valence-corrected chi connectivity index (χ2v) is 4.62. The van der Waals surface area contributed by atoms with Crippen LogP contribution < -0.4 is 11.1 Å². The molecule has 1 fully saturated rings. The molecule has 0 spiro atoms. The number of nitrogen functional groups attached to an aromatic ring is 1. The van der Waals surface area contributed by atoms with Crippen molar-refractivity contribution in [2.75, 3.05) is 12.3 Å². The third-order valence-corrected chi connectivity index (χ3v) is 2.90. The van der Waals surface area contributed by atoms with E-state index in [0.717, 1.165) is 24.4 Å². The molecule has 86 valence electrons. The van der Waals surface area contributed by atoms with Crippen LogP contribution in [-0.4, -0.2) is 12.5 Å². The summed E-state index contributed by atoms with van der Waals surface area (Å²) >= 11 is 0. The fourth-order valence-corrected chi connectivity index (χ4v) is 1.84. The highest BCUT2D eigenvalue weighted by molar-refractivity contribution is 5.95. The van der Waals surface area contributed by atoms with Gasteiger partial charge >= 0.3 is 0 Å². The molecule has 0 aromatic heterocycles. The van der Waals surface area contributed by atoms with Crippen LogP contribution in [0.5, 0.6) is 0 Å². The van der Waals surface area contributed by atoms with Crippen LogP contribution in [0.1, 0.15) is 35.2 Å². The molecule has 1 aromatic rings. The summed E-state index contributed by atoms with van der Waals surface area (Å²) in [6, 6.07) is 5.45. The third-order valence-electron chi connectivity index (χ3n) is 2.90. The number of hydrogen-bond acceptors (Lipinski definition) is 2. The van der Waals surface area contributed by atoms with Gasteiger partial charge < -0.3 is 11.1 Å². The average Bonchev–Trinajstić information content (AvgIpc) is 3.00. The predicted molar refractivity (Wildman–Crippen MR) is 65.3 cm³/mol. The first-order chi connectivity index (χ1) is 7.65. The van der Waals surface area contributed by atoms with Crippen LogP contribution in [0, 0.1) is 12.8 Å². The highest BCUT2D eigenvalue weighted by Gasteiger charge is 2.20. The van der Waals surface area contributed by atoms with Gasteiger partial charge in [-0.1, -0.05) is 12.8 Å². The summed E-state index contributed by atoms with van der Waals surface area (Å²) in [7, 11) is 0. The Kier molecular flexibility index (Phi) is 3.13. The van der Waals surface area contributed by atoms with E-state index in [0.29, 0.717) is 11.3 Å². The largest absolute Gasteiger partial charge is 0.399 e. The van der Waals surface area contributed by atoms with Crippen molar-refractivity contribution in [3.8, 4) is 0 Å². The zero-order valence-corrected chi connectivity index (χ0v) is 9.62. The second-order valence-electron chi connectivity index (χ2n) is 4.62. The Hall–Kier alpha value is -1.51. The quantitative estimate of drug-likeness (QED) is 0.760. The molecule has 0 saturated heterocycles. The van der Waals surface area contributed by atoms with Crippen molar-refractivity contribution in [1.82, 2.24) is 5.32 Å². The molecule has 1 aliphatic carbocycles. The first kappa shape index (κ1) is 11.0. The van der Waals surface area contributed by atoms with E-state index < -0.39 is 0 Å². The predicted octanol–water partition coefficient (Wildman–Crippen LogP) is 2.11. The van der Waals surface area contributed by atoms with Crippen molar-refractivity contribution < 1.29 is 4.79 Å². The van der Waals surface area contributed by atoms with Crippen LogP contribution in [0.2, 0.25) is 0 Å². The molecule has 0 atom stereocenters. The fourth-order valence-electron chi connectivity index (χ4n) is 1.84. The van der Waals surface area contributed by atoms with Gasteiger partial charge in [0.25, 0.3) is 5.91 Å². The topological polar surface area (TPSA) is 55.1 Å². The Morgan fingerprint density at radius 1 is 1.44 bits per heavy atom. The highest BCUT2D eigenvalue weighted by atomic mass is 16.1. The minimum Gasteiger partial charge on any atom is -0.399 e. The minimum atomic E-state index is -0.0175. The van der Waals surface area contributed by atoms with E-state index in [1.807, 2.05) is 19.1 Å². The van der Waals surface area contributed by atoms with Crippen molar-refractivity contribution in [1.29, 1.82) is 0 Å². The number of rotatable bonds is 4. The molecule has 1 amide bonds. The number of anilines is 1. The maximum atomic E-state index is 11.8. The van der Waals surface area contributed by atoms with Crippen LogP contribution in [0.15, 0.2) is 18.2 Å². The van der Waals surface area contributed by atoms with Gasteiger partial charge in [0, 0.05) is 17.8 Å². The molecular formula is C13H18N2O. The standard InChI is InChI=1S/C13H18N2O/c1-9-6-11(8-12(14)7-9)13(16)15-5-4-10-2-3-10/h6-8,10H,2-5,14H2,1H3,(H,15,16). The molecule has 1 aliphatic rings. The van der Waals surface area contributed by atoms with Crippen molar-refractivity contribution in [2.24, 2.45) is 5.92 Å². The number of amides is 1. The van der Waals surface area contributed by atoms with Gasteiger partial charge in [0.05, 0.1) is 0 Å². The molecule has 3 N–H and O–H groups in total. The molecule has 0 radical (unpaired) electrons. The Morgan fingerprint density at radius 3 is 2.81 bits per heavy atom. The summed E-state index contributed by atoms with van der Waals surface area (Å²) in [5.41, 5.74) is 8.03. The van der Waals surface area contributed by atoms with Gasteiger partial charge in [-0.25, -0.2) is 0 Å². The normalized spacial score (nSPS) is 14.8. The second kappa shape index (κ2) is 4.56. The van der Waals surface area contributed by atoms with Crippen molar-refractivity contribution in [2.45, 2.75) is 26.2 Å². The van der Waals surface area contributed by atoms with Gasteiger partial charge in [-0.2, -0.15) is 0 Å². The zero-order chi connectivity index (χ0) is 11.5. The molecule has 3 nitrogen and oxygen atoms in total. The van der Waals surface area contributed by atoms with Gasteiger partial charge in [-0.15, -0.1) is 0 Å². The lowest BCUT2D eigenvalue weighted by atomic mass is 10.1. The lowest BCUT2D eigenvalue weighted by Gasteiger charge is -2.06. The van der Waals surface area contributed by atoms with Gasteiger partial charge in [0.1, 0.15) is 0 Å². The summed E-state index contributed by atoms with van der Waals surface area (Å²) in [4.78, 5) is 11.8. The first-order valence-corrected chi connectivity index (χ1v) is 5.80. The molecule has 0 bridgehead atoms. The summed E-state index contributed by atoms with van der Waals surface area (Å²) in [6.45, 7) is 2.72. The van der Waals surface area contributed by atoms with Crippen LogP contribution in [0.4, 0.5) is 5.69 Å². The van der Waals surface area contributed by atoms with Gasteiger partial charge in [-0.3, -0.25) is 4.79 Å². The smallest absolute Gasteiger partial charge is 0.251 e. The third kappa shape index (κ3) is 2.99. The Morgan fingerprint density at radius 2 is 2.19 bits per heavy atom. The number of nitrogens with two attached hydrogens (primary N) is 1. The molecule has 0 aliphatic heterocycles. The van der Waals surface area contributed by atoms with E-state index in [4.69, 9.17) is 5.73 Å². The average molecular weight is 218 g/mol. The Bertz CT molecular complexity index is 377. The van der Waals surface area contributed by atoms with E-state index in [-0.39, 0.29) is 5.91 Å². The highest BCUT2D eigenvalue weighted by Crippen LogP contribution is 2.31. The summed E-state index contributed by atoms with van der Waals surface area (Å²) in [6.07, 6.45) is 3.76. The van der Waals surface area contributed by atoms with Crippen molar-refractivity contribution in [3.05, 3.63) is 29.3 Å². The van der Waals surface area contributed by atoms with E-state index in [1.165, 1.54) is 12.8 Å². The summed E-state index contributed by atoms with van der Waals surface area (Å²) in [5.74, 6) is 0.832. The molecular weight excluding hydrogens is 200 g/mol. The maximum absolute atomic E-state index is 11.8. The maximum Gasteiger partial charge on any atom is 0.251 e. The SMILES string of the molecule is Cc1cc(N)cc(C(=O)NCCC2CC2)c1. The van der Waals surface area contributed by atoms with Crippen LogP contribution in [0.25, 0.3) is 0 Å². The van der Waals surface area contributed by atoms with E-state index in [1.54, 1.807) is 6.07 Å². The first-order valence-electron chi connectivity index (χ1n) is 5.80. The lowest BCUT2D eigenvalue weighted by Crippen LogP contribution is -2.24. The molecule has 3 heteroatoms. The van der Waals surface area contributed by atoms with Gasteiger partial charge in [0.15, 0.2) is 0 Å². The Balaban J connectivity index is 1.91. The molecule has 2 rings (SSSR count). The van der Waals surface area contributed by atoms with E-state index in [2.05, 4.69) is 5.32 Å². The molecule has 16 heavy (non-hydrogen) atoms.